The van der Waals surface area contributed by atoms with Gasteiger partial charge in [-0.1, -0.05) is 0 Å². The van der Waals surface area contributed by atoms with Crippen LogP contribution in [-0.4, -0.2) is 101 Å². The van der Waals surface area contributed by atoms with Gasteiger partial charge in [0.2, 0.25) is 0 Å². The van der Waals surface area contributed by atoms with Crippen LogP contribution in [0.1, 0.15) is 6.42 Å². The van der Waals surface area contributed by atoms with Gasteiger partial charge in [0.15, 0.2) is 0 Å². The van der Waals surface area contributed by atoms with E-state index in [1.807, 2.05) is 0 Å². The van der Waals surface area contributed by atoms with Crippen molar-refractivity contribution in [1.82, 2.24) is 0 Å². The molecule has 0 atom stereocenters. The molecule has 148 valence electrons. The highest BCUT2D eigenvalue weighted by Gasteiger charge is 2.11. The second kappa shape index (κ2) is 19.0. The summed E-state index contributed by atoms with van der Waals surface area (Å²) >= 11 is 0. The summed E-state index contributed by atoms with van der Waals surface area (Å²) in [5.41, 5.74) is 0. The summed E-state index contributed by atoms with van der Waals surface area (Å²) < 4.78 is 29.8. The van der Waals surface area contributed by atoms with Crippen LogP contribution in [0.3, 0.4) is 0 Å². The minimum absolute atomic E-state index is 0.0308. The predicted octanol–water partition coefficient (Wildman–Crippen LogP) is -1.49. The van der Waals surface area contributed by atoms with Crippen molar-refractivity contribution in [2.45, 2.75) is 6.42 Å². The number of ether oxygens (including phenoxy) is 6. The first kappa shape index (κ1) is 23.7. The second-order valence-electron chi connectivity index (χ2n) is 4.51. The highest BCUT2D eigenvalue weighted by atomic mass is 16.6. The smallest absolute Gasteiger partial charge is 0.317 e. The normalized spacial score (nSPS) is 10.6. The Hall–Kier alpha value is -1.30. The van der Waals surface area contributed by atoms with Crippen LogP contribution >= 0.6 is 0 Å². The van der Waals surface area contributed by atoms with E-state index in [1.165, 1.54) is 0 Å². The van der Waals surface area contributed by atoms with Crippen molar-refractivity contribution in [2.24, 2.45) is 0 Å². The van der Waals surface area contributed by atoms with Gasteiger partial charge in [0, 0.05) is 0 Å². The van der Waals surface area contributed by atoms with Crippen molar-refractivity contribution in [3.05, 3.63) is 0 Å². The molecule has 2 N–H and O–H groups in total. The SMILES string of the molecule is O=C(CC(=O)OCCOCCOCCO)OCCOCCOCCO. The lowest BCUT2D eigenvalue weighted by Crippen LogP contribution is -2.19. The van der Waals surface area contributed by atoms with E-state index in [0.29, 0.717) is 26.4 Å². The Bertz CT molecular complexity index is 293. The summed E-state index contributed by atoms with van der Waals surface area (Å²) in [6, 6.07) is 0. The average Bonchev–Trinajstić information content (AvgIpc) is 2.59. The lowest BCUT2D eigenvalue weighted by Gasteiger charge is -2.07. The molecule has 10 heteroatoms. The van der Waals surface area contributed by atoms with Crippen LogP contribution in [0.4, 0.5) is 0 Å². The Morgan fingerprint density at radius 1 is 0.520 bits per heavy atom. The summed E-state index contributed by atoms with van der Waals surface area (Å²) in [6.45, 7) is 2.20. The number of carbonyl (C=O) groups is 2. The molecule has 0 aliphatic carbocycles. The molecule has 0 spiro atoms. The van der Waals surface area contributed by atoms with Gasteiger partial charge in [-0.05, 0) is 0 Å². The molecule has 0 aliphatic rings. The first-order valence-corrected chi connectivity index (χ1v) is 8.04. The van der Waals surface area contributed by atoms with Crippen LogP contribution in [0.2, 0.25) is 0 Å². The molecule has 0 saturated heterocycles. The van der Waals surface area contributed by atoms with Crippen molar-refractivity contribution in [1.29, 1.82) is 0 Å². The van der Waals surface area contributed by atoms with Crippen molar-refractivity contribution in [2.75, 3.05) is 79.3 Å². The van der Waals surface area contributed by atoms with E-state index in [2.05, 4.69) is 0 Å². The number of esters is 2. The fraction of sp³-hybridized carbons (Fsp3) is 0.867. The monoisotopic (exact) mass is 368 g/mol. The number of rotatable bonds is 18. The second-order valence-corrected chi connectivity index (χ2v) is 4.51. The van der Waals surface area contributed by atoms with Gasteiger partial charge in [0.25, 0.3) is 0 Å². The topological polar surface area (TPSA) is 130 Å². The first-order chi connectivity index (χ1) is 12.2. The van der Waals surface area contributed by atoms with E-state index in [-0.39, 0.29) is 52.9 Å². The van der Waals surface area contributed by atoms with E-state index in [1.54, 1.807) is 0 Å². The summed E-state index contributed by atoms with van der Waals surface area (Å²) in [5.74, 6) is -1.38. The maximum absolute atomic E-state index is 11.4. The van der Waals surface area contributed by atoms with Crippen molar-refractivity contribution < 1.29 is 48.2 Å². The molecule has 0 fully saturated rings. The van der Waals surface area contributed by atoms with Crippen LogP contribution in [0.15, 0.2) is 0 Å². The lowest BCUT2D eigenvalue weighted by atomic mass is 10.4. The zero-order valence-electron chi connectivity index (χ0n) is 14.4. The third kappa shape index (κ3) is 18.9. The molecule has 0 aromatic rings. The summed E-state index contributed by atoms with van der Waals surface area (Å²) in [7, 11) is 0. The van der Waals surface area contributed by atoms with E-state index in [4.69, 9.17) is 38.6 Å². The average molecular weight is 368 g/mol. The molecule has 0 bridgehead atoms. The summed E-state index contributed by atoms with van der Waals surface area (Å²) in [5, 5.41) is 17.0. The number of hydrogen-bond acceptors (Lipinski definition) is 10. The quantitative estimate of drug-likeness (QED) is 0.168. The molecule has 0 rings (SSSR count). The van der Waals surface area contributed by atoms with Gasteiger partial charge in [-0.2, -0.15) is 0 Å². The Labute approximate surface area is 146 Å². The van der Waals surface area contributed by atoms with Gasteiger partial charge in [-0.25, -0.2) is 0 Å². The molecule has 25 heavy (non-hydrogen) atoms. The standard InChI is InChI=1S/C15H28O10/c16-1-3-20-5-7-22-9-11-24-14(18)13-15(19)25-12-10-23-8-6-21-4-2-17/h16-17H,1-13H2. The van der Waals surface area contributed by atoms with Crippen LogP contribution in [0.5, 0.6) is 0 Å². The molecular weight excluding hydrogens is 340 g/mol. The lowest BCUT2D eigenvalue weighted by molar-refractivity contribution is -0.156. The fourth-order valence-electron chi connectivity index (χ4n) is 1.42. The molecule has 0 saturated carbocycles. The molecule has 0 aromatic heterocycles. The molecular formula is C15H28O10. The van der Waals surface area contributed by atoms with Gasteiger partial charge >= 0.3 is 11.9 Å². The minimum atomic E-state index is -0.691. The highest BCUT2D eigenvalue weighted by molar-refractivity contribution is 5.91. The molecule has 10 nitrogen and oxygen atoms in total. The zero-order chi connectivity index (χ0) is 18.6. The number of hydrogen-bond donors (Lipinski definition) is 2. The molecule has 0 heterocycles. The zero-order valence-corrected chi connectivity index (χ0v) is 14.4. The van der Waals surface area contributed by atoms with Crippen molar-refractivity contribution in [3.63, 3.8) is 0 Å². The predicted molar refractivity (Wildman–Crippen MR) is 84.0 cm³/mol. The third-order valence-corrected chi connectivity index (χ3v) is 2.49. The Morgan fingerprint density at radius 3 is 1.20 bits per heavy atom. The highest BCUT2D eigenvalue weighted by Crippen LogP contribution is 1.92. The summed E-state index contributed by atoms with van der Waals surface area (Å²) in [6.07, 6.45) is -0.473. The van der Waals surface area contributed by atoms with Gasteiger partial charge in [-0.15, -0.1) is 0 Å². The van der Waals surface area contributed by atoms with E-state index in [0.717, 1.165) is 0 Å². The largest absolute Gasteiger partial charge is 0.463 e. The number of aliphatic hydroxyl groups excluding tert-OH is 2. The van der Waals surface area contributed by atoms with Gasteiger partial charge in [0.1, 0.15) is 19.6 Å². The van der Waals surface area contributed by atoms with Crippen LogP contribution in [-0.2, 0) is 38.0 Å². The molecule has 0 aromatic carbocycles. The van der Waals surface area contributed by atoms with Gasteiger partial charge in [0.05, 0.1) is 66.1 Å². The van der Waals surface area contributed by atoms with E-state index < -0.39 is 18.4 Å². The maximum atomic E-state index is 11.4. The van der Waals surface area contributed by atoms with E-state index in [9.17, 15) is 9.59 Å². The Kier molecular flexibility index (Phi) is 18.0. The molecule has 0 unspecified atom stereocenters. The van der Waals surface area contributed by atoms with Crippen LogP contribution in [0.25, 0.3) is 0 Å². The third-order valence-electron chi connectivity index (χ3n) is 2.49. The minimum Gasteiger partial charge on any atom is -0.463 e. The number of aliphatic hydroxyl groups is 2. The Morgan fingerprint density at radius 2 is 0.840 bits per heavy atom. The van der Waals surface area contributed by atoms with Crippen molar-refractivity contribution >= 4 is 11.9 Å². The van der Waals surface area contributed by atoms with Gasteiger partial charge in [-0.3, -0.25) is 9.59 Å². The molecule has 0 aliphatic heterocycles. The van der Waals surface area contributed by atoms with Crippen LogP contribution in [0, 0.1) is 0 Å². The first-order valence-electron chi connectivity index (χ1n) is 8.04. The number of carbonyl (C=O) groups excluding carboxylic acids is 2. The van der Waals surface area contributed by atoms with Crippen molar-refractivity contribution in [3.8, 4) is 0 Å². The summed E-state index contributed by atoms with van der Waals surface area (Å²) in [4.78, 5) is 22.7. The van der Waals surface area contributed by atoms with Gasteiger partial charge < -0.3 is 38.6 Å². The Balaban J connectivity index is 3.34. The fourth-order valence-corrected chi connectivity index (χ4v) is 1.42. The maximum Gasteiger partial charge on any atom is 0.317 e. The molecule has 0 amide bonds. The van der Waals surface area contributed by atoms with Crippen LogP contribution < -0.4 is 0 Å². The molecule has 0 radical (unpaired) electrons. The van der Waals surface area contributed by atoms with E-state index >= 15 is 0 Å².